The van der Waals surface area contributed by atoms with E-state index in [1.807, 2.05) is 0 Å². The summed E-state index contributed by atoms with van der Waals surface area (Å²) in [6.07, 6.45) is 5.68. The molecule has 0 bridgehead atoms. The van der Waals surface area contributed by atoms with Gasteiger partial charge in [0, 0.05) is 30.0 Å². The molecule has 3 unspecified atom stereocenters. The fraction of sp³-hybridized carbons (Fsp3) is 0.611. The second-order valence-electron chi connectivity index (χ2n) is 7.07. The van der Waals surface area contributed by atoms with E-state index in [1.165, 1.54) is 6.20 Å². The zero-order chi connectivity index (χ0) is 22.0. The van der Waals surface area contributed by atoms with E-state index in [9.17, 15) is 14.7 Å². The number of carboxylic acid groups (broad SMARTS) is 2. The molecule has 0 aliphatic rings. The zero-order valence-electron chi connectivity index (χ0n) is 16.2. The number of nitrogens with two attached hydrogens (primary N) is 3. The van der Waals surface area contributed by atoms with Crippen LogP contribution in [0.3, 0.4) is 0 Å². The van der Waals surface area contributed by atoms with Crippen LogP contribution in [0.2, 0.25) is 0 Å². The van der Waals surface area contributed by atoms with Crippen LogP contribution in [0.5, 0.6) is 5.75 Å². The number of aromatic nitrogens is 1. The van der Waals surface area contributed by atoms with Crippen molar-refractivity contribution in [1.82, 2.24) is 0 Å². The molecule has 11 nitrogen and oxygen atoms in total. The third-order valence-corrected chi connectivity index (χ3v) is 4.62. The van der Waals surface area contributed by atoms with Gasteiger partial charge in [-0.25, -0.2) is 9.45 Å². The van der Waals surface area contributed by atoms with Crippen LogP contribution in [-0.4, -0.2) is 57.2 Å². The van der Waals surface area contributed by atoms with Crippen LogP contribution in [0.1, 0.15) is 36.8 Å². The minimum atomic E-state index is -1.17. The Kier molecular flexibility index (Phi) is 10.5. The third-order valence-electron chi connectivity index (χ3n) is 4.62. The Morgan fingerprint density at radius 1 is 1.03 bits per heavy atom. The van der Waals surface area contributed by atoms with Gasteiger partial charge in [0.15, 0.2) is 11.9 Å². The van der Waals surface area contributed by atoms with Crippen LogP contribution >= 0.6 is 0 Å². The van der Waals surface area contributed by atoms with Crippen LogP contribution in [0, 0.1) is 0 Å². The Bertz CT molecular complexity index is 686. The summed E-state index contributed by atoms with van der Waals surface area (Å²) in [4.78, 5) is 25.9. The summed E-state index contributed by atoms with van der Waals surface area (Å²) in [5.41, 5.74) is 18.1. The van der Waals surface area contributed by atoms with Gasteiger partial charge in [-0.3, -0.25) is 14.8 Å². The van der Waals surface area contributed by atoms with Gasteiger partial charge >= 0.3 is 11.9 Å². The minimum absolute atomic E-state index is 0.0451. The van der Waals surface area contributed by atoms with E-state index in [4.69, 9.17) is 32.7 Å². The lowest BCUT2D eigenvalue weighted by molar-refractivity contribution is -0.698. The van der Waals surface area contributed by atoms with Crippen LogP contribution in [0.15, 0.2) is 12.4 Å². The summed E-state index contributed by atoms with van der Waals surface area (Å²) < 4.78 is 1.75. The van der Waals surface area contributed by atoms with E-state index in [2.05, 4.69) is 4.89 Å². The van der Waals surface area contributed by atoms with Crippen LogP contribution in [-0.2, 0) is 33.9 Å². The number of pyridine rings is 1. The number of hydrogen-bond donors (Lipinski definition) is 7. The summed E-state index contributed by atoms with van der Waals surface area (Å²) in [6, 6.07) is -2.50. The second-order valence-corrected chi connectivity index (χ2v) is 7.07. The topological polar surface area (TPSA) is 206 Å². The normalized spacial score (nSPS) is 14.3. The molecule has 11 heteroatoms. The van der Waals surface area contributed by atoms with Crippen molar-refractivity contribution in [3.63, 3.8) is 0 Å². The summed E-state index contributed by atoms with van der Waals surface area (Å²) in [5, 5.41) is 36.8. The molecule has 0 radical (unpaired) electrons. The maximum Gasteiger partial charge on any atom is 0.320 e. The average Bonchev–Trinajstić information content (AvgIpc) is 2.65. The molecule has 0 saturated carbocycles. The highest BCUT2D eigenvalue weighted by molar-refractivity contribution is 5.74. The quantitative estimate of drug-likeness (QED) is 0.0850. The molecule has 0 aliphatic heterocycles. The van der Waals surface area contributed by atoms with Gasteiger partial charge in [-0.1, -0.05) is 0 Å². The molecule has 0 amide bonds. The minimum Gasteiger partial charge on any atom is -0.503 e. The third kappa shape index (κ3) is 8.71. The average molecular weight is 415 g/mol. The number of carboxylic acids is 2. The fourth-order valence-electron chi connectivity index (χ4n) is 2.90. The molecule has 1 aromatic rings. The van der Waals surface area contributed by atoms with Gasteiger partial charge in [-0.2, -0.15) is 0 Å². The maximum atomic E-state index is 11.1. The molecule has 0 aliphatic carbocycles. The summed E-state index contributed by atoms with van der Waals surface area (Å²) >= 11 is 0. The van der Waals surface area contributed by atoms with Crippen molar-refractivity contribution in [2.24, 2.45) is 17.2 Å². The number of nitrogens with zero attached hydrogens (tertiary/aromatic N) is 1. The van der Waals surface area contributed by atoms with Crippen molar-refractivity contribution in [1.29, 1.82) is 0 Å². The first-order chi connectivity index (χ1) is 13.6. The van der Waals surface area contributed by atoms with Crippen LogP contribution in [0.4, 0.5) is 0 Å². The highest BCUT2D eigenvalue weighted by Crippen LogP contribution is 2.22. The molecule has 1 aromatic heterocycles. The van der Waals surface area contributed by atoms with E-state index < -0.39 is 30.1 Å². The molecule has 3 atom stereocenters. The molecule has 10 N–H and O–H groups in total. The monoisotopic (exact) mass is 415 g/mol. The van der Waals surface area contributed by atoms with Gasteiger partial charge in [0.05, 0.1) is 6.61 Å². The highest BCUT2D eigenvalue weighted by Gasteiger charge is 2.22. The number of rotatable bonds is 14. The maximum absolute atomic E-state index is 11.1. The van der Waals surface area contributed by atoms with E-state index in [1.54, 1.807) is 10.8 Å². The summed E-state index contributed by atoms with van der Waals surface area (Å²) in [6.45, 7) is 0.469. The van der Waals surface area contributed by atoms with Gasteiger partial charge in [0.1, 0.15) is 18.6 Å². The SMILES string of the molecule is NC(CCc1c[n+](CCCCC(N)C(=O)O)cc(O)c1CC(N)C(=O)O)COO. The molecule has 0 saturated heterocycles. The van der Waals surface area contributed by atoms with Crippen molar-refractivity contribution in [2.45, 2.75) is 63.2 Å². The molecule has 29 heavy (non-hydrogen) atoms. The van der Waals surface area contributed by atoms with E-state index in [-0.39, 0.29) is 18.8 Å². The molecule has 1 heterocycles. The summed E-state index contributed by atoms with van der Waals surface area (Å²) in [7, 11) is 0. The van der Waals surface area contributed by atoms with Gasteiger partial charge in [-0.05, 0) is 25.7 Å². The molecular formula is C18H31N4O7+. The lowest BCUT2D eigenvalue weighted by Gasteiger charge is -2.15. The first kappa shape index (κ1) is 24.7. The van der Waals surface area contributed by atoms with Crippen molar-refractivity contribution in [3.8, 4) is 5.75 Å². The van der Waals surface area contributed by atoms with E-state index in [0.29, 0.717) is 49.8 Å². The standard InChI is InChI=1S/C18H30N4O7/c19-12(10-29-28)5-4-11-8-22(6-2-1-3-14(20)17(24)25)9-16(23)13(11)7-15(21)18(26)27/h8-9,12,14-15H,1-7,10,19-21H2,(H3-,23,24,25,26,27,28)/p+1. The first-order valence-corrected chi connectivity index (χ1v) is 9.38. The number of aryl methyl sites for hydroxylation is 2. The Hall–Kier alpha value is -2.31. The van der Waals surface area contributed by atoms with Gasteiger partial charge in [0.25, 0.3) is 0 Å². The van der Waals surface area contributed by atoms with Crippen molar-refractivity contribution in [2.75, 3.05) is 6.61 Å². The molecule has 0 aromatic carbocycles. The number of carbonyl (C=O) groups is 2. The number of aromatic hydroxyl groups is 1. The Morgan fingerprint density at radius 2 is 1.69 bits per heavy atom. The Morgan fingerprint density at radius 3 is 2.28 bits per heavy atom. The predicted molar refractivity (Wildman–Crippen MR) is 102 cm³/mol. The largest absolute Gasteiger partial charge is 0.503 e. The van der Waals surface area contributed by atoms with E-state index in [0.717, 1.165) is 0 Å². The van der Waals surface area contributed by atoms with E-state index >= 15 is 0 Å². The smallest absolute Gasteiger partial charge is 0.320 e. The van der Waals surface area contributed by atoms with Gasteiger partial charge < -0.3 is 32.5 Å². The molecule has 1 rings (SSSR count). The summed E-state index contributed by atoms with van der Waals surface area (Å²) in [5.74, 6) is -2.29. The lowest BCUT2D eigenvalue weighted by Crippen LogP contribution is -2.37. The second kappa shape index (κ2) is 12.3. The van der Waals surface area contributed by atoms with Crippen LogP contribution < -0.4 is 21.8 Å². The highest BCUT2D eigenvalue weighted by atomic mass is 17.1. The van der Waals surface area contributed by atoms with Gasteiger partial charge in [-0.15, -0.1) is 0 Å². The van der Waals surface area contributed by atoms with Crippen molar-refractivity contribution < 1.29 is 39.6 Å². The predicted octanol–water partition coefficient (Wildman–Crippen LogP) is -1.03. The zero-order valence-corrected chi connectivity index (χ0v) is 16.2. The lowest BCUT2D eigenvalue weighted by atomic mass is 9.97. The molecule has 0 spiro atoms. The number of unbranched alkanes of at least 4 members (excludes halogenated alkanes) is 1. The Balaban J connectivity index is 2.90. The number of aliphatic carboxylic acids is 2. The molecule has 0 fully saturated rings. The van der Waals surface area contributed by atoms with Crippen molar-refractivity contribution in [3.05, 3.63) is 23.5 Å². The van der Waals surface area contributed by atoms with Gasteiger partial charge in [0.2, 0.25) is 6.20 Å². The molecule has 164 valence electrons. The van der Waals surface area contributed by atoms with Crippen molar-refractivity contribution >= 4 is 11.9 Å². The first-order valence-electron chi connectivity index (χ1n) is 9.38. The Labute approximate surface area is 168 Å². The number of hydrogen-bond acceptors (Lipinski definition) is 8. The fourth-order valence-corrected chi connectivity index (χ4v) is 2.90. The van der Waals surface area contributed by atoms with Crippen LogP contribution in [0.25, 0.3) is 0 Å². The molecular weight excluding hydrogens is 384 g/mol.